The van der Waals surface area contributed by atoms with Crippen molar-refractivity contribution in [3.8, 4) is 11.5 Å². The molecule has 3 aromatic carbocycles. The lowest BCUT2D eigenvalue weighted by Crippen LogP contribution is -2.42. The van der Waals surface area contributed by atoms with Crippen molar-refractivity contribution in [1.29, 1.82) is 0 Å². The van der Waals surface area contributed by atoms with Crippen molar-refractivity contribution in [2.24, 2.45) is 0 Å². The van der Waals surface area contributed by atoms with Crippen LogP contribution in [0.4, 0.5) is 0 Å². The zero-order chi connectivity index (χ0) is 23.8. The highest BCUT2D eigenvalue weighted by molar-refractivity contribution is 5.79. The summed E-state index contributed by atoms with van der Waals surface area (Å²) in [6.45, 7) is 1.82. The molecule has 0 saturated carbocycles. The fraction of sp³-hybridized carbons (Fsp3) is 0.286. The Morgan fingerprint density at radius 3 is 2.09 bits per heavy atom. The number of piperidine rings is 1. The number of likely N-dealkylation sites (tertiary alicyclic amines) is 1. The molecule has 1 N–H and O–H groups in total. The van der Waals surface area contributed by atoms with Crippen LogP contribution in [0.2, 0.25) is 0 Å². The topological polar surface area (TPSA) is 76.1 Å². The van der Waals surface area contributed by atoms with Crippen molar-refractivity contribution in [3.05, 3.63) is 95.6 Å². The summed E-state index contributed by atoms with van der Waals surface area (Å²) >= 11 is 0. The van der Waals surface area contributed by atoms with Gasteiger partial charge in [-0.05, 0) is 41.0 Å². The Kier molecular flexibility index (Phi) is 7.81. The summed E-state index contributed by atoms with van der Waals surface area (Å²) < 4.78 is 11.9. The molecule has 0 spiro atoms. The molecule has 1 aliphatic heterocycles. The van der Waals surface area contributed by atoms with Gasteiger partial charge in [-0.1, -0.05) is 54.6 Å². The molecule has 0 radical (unpaired) electrons. The van der Waals surface area contributed by atoms with Crippen LogP contribution in [0.25, 0.3) is 0 Å². The lowest BCUT2D eigenvalue weighted by molar-refractivity contribution is -0.136. The van der Waals surface area contributed by atoms with E-state index in [4.69, 9.17) is 14.6 Å². The number of benzene rings is 3. The molecule has 0 aromatic heterocycles. The number of hydrogen-bond donors (Lipinski definition) is 1. The second kappa shape index (κ2) is 11.4. The second-order valence-corrected chi connectivity index (χ2v) is 8.51. The summed E-state index contributed by atoms with van der Waals surface area (Å²) in [6, 6.07) is 24.9. The second-order valence-electron chi connectivity index (χ2n) is 8.51. The minimum absolute atomic E-state index is 0.0368. The number of rotatable bonds is 9. The van der Waals surface area contributed by atoms with E-state index in [1.54, 1.807) is 18.2 Å². The van der Waals surface area contributed by atoms with E-state index < -0.39 is 5.97 Å². The number of carbonyl (C=O) groups is 2. The zero-order valence-corrected chi connectivity index (χ0v) is 19.1. The van der Waals surface area contributed by atoms with Gasteiger partial charge in [0, 0.05) is 25.9 Å². The number of carboxylic acids is 1. The summed E-state index contributed by atoms with van der Waals surface area (Å²) in [5.41, 5.74) is 2.68. The molecular weight excluding hydrogens is 430 g/mol. The van der Waals surface area contributed by atoms with Gasteiger partial charge in [0.2, 0.25) is 5.91 Å². The lowest BCUT2D eigenvalue weighted by Gasteiger charge is -2.32. The molecule has 1 aliphatic rings. The summed E-state index contributed by atoms with van der Waals surface area (Å²) in [5.74, 6) is 0.780. The van der Waals surface area contributed by atoms with Crippen molar-refractivity contribution < 1.29 is 24.2 Å². The monoisotopic (exact) mass is 459 g/mol. The van der Waals surface area contributed by atoms with Gasteiger partial charge in [-0.3, -0.25) is 9.59 Å². The minimum atomic E-state index is -0.875. The predicted octanol–water partition coefficient (Wildman–Crippen LogP) is 4.51. The Labute approximate surface area is 199 Å². The Morgan fingerprint density at radius 1 is 0.794 bits per heavy atom. The predicted molar refractivity (Wildman–Crippen MR) is 129 cm³/mol. The van der Waals surface area contributed by atoms with Gasteiger partial charge in [0.1, 0.15) is 24.2 Å². The summed E-state index contributed by atoms with van der Waals surface area (Å²) in [7, 11) is 0. The molecule has 3 aromatic rings. The van der Waals surface area contributed by atoms with Crippen molar-refractivity contribution in [2.75, 3.05) is 13.1 Å². The van der Waals surface area contributed by atoms with E-state index in [2.05, 4.69) is 0 Å². The van der Waals surface area contributed by atoms with E-state index in [-0.39, 0.29) is 24.9 Å². The Hall–Kier alpha value is -3.80. The number of nitrogens with zero attached hydrogens (tertiary/aromatic N) is 1. The van der Waals surface area contributed by atoms with E-state index in [1.165, 1.54) is 0 Å². The maximum absolute atomic E-state index is 12.7. The maximum Gasteiger partial charge on any atom is 0.307 e. The molecule has 6 heteroatoms. The fourth-order valence-electron chi connectivity index (χ4n) is 4.08. The first-order chi connectivity index (χ1) is 16.5. The Balaban J connectivity index is 1.21. The quantitative estimate of drug-likeness (QED) is 0.510. The highest BCUT2D eigenvalue weighted by Gasteiger charge is 2.24. The fourth-order valence-corrected chi connectivity index (χ4v) is 4.08. The third-order valence-corrected chi connectivity index (χ3v) is 5.87. The van der Waals surface area contributed by atoms with Crippen LogP contribution in [0, 0.1) is 0 Å². The summed E-state index contributed by atoms with van der Waals surface area (Å²) in [5, 5.41) is 8.96. The van der Waals surface area contributed by atoms with Crippen molar-refractivity contribution in [2.45, 2.75) is 38.4 Å². The first-order valence-electron chi connectivity index (χ1n) is 11.6. The van der Waals surface area contributed by atoms with Gasteiger partial charge in [0.05, 0.1) is 12.8 Å². The Bertz CT molecular complexity index is 1090. The van der Waals surface area contributed by atoms with Crippen LogP contribution >= 0.6 is 0 Å². The van der Waals surface area contributed by atoms with Crippen molar-refractivity contribution in [3.63, 3.8) is 0 Å². The molecule has 0 aliphatic carbocycles. The van der Waals surface area contributed by atoms with Crippen molar-refractivity contribution in [1.82, 2.24) is 4.90 Å². The Morgan fingerprint density at radius 2 is 1.41 bits per heavy atom. The van der Waals surface area contributed by atoms with Crippen LogP contribution in [-0.4, -0.2) is 41.1 Å². The third kappa shape index (κ3) is 6.85. The molecule has 1 heterocycles. The lowest BCUT2D eigenvalue weighted by atomic mass is 10.0. The molecule has 0 atom stereocenters. The number of aliphatic carboxylic acids is 1. The molecule has 1 amide bonds. The first kappa shape index (κ1) is 23.4. The molecule has 6 nitrogen and oxygen atoms in total. The van der Waals surface area contributed by atoms with Gasteiger partial charge < -0.3 is 19.5 Å². The smallest absolute Gasteiger partial charge is 0.307 e. The van der Waals surface area contributed by atoms with Gasteiger partial charge in [0.25, 0.3) is 0 Å². The van der Waals surface area contributed by atoms with E-state index in [0.29, 0.717) is 25.3 Å². The summed E-state index contributed by atoms with van der Waals surface area (Å²) in [4.78, 5) is 25.5. The van der Waals surface area contributed by atoms with Crippen LogP contribution < -0.4 is 9.47 Å². The molecule has 0 unspecified atom stereocenters. The van der Waals surface area contributed by atoms with Crippen LogP contribution in [0.1, 0.15) is 29.5 Å². The van der Waals surface area contributed by atoms with E-state index in [0.717, 1.165) is 35.5 Å². The molecule has 4 rings (SSSR count). The largest absolute Gasteiger partial charge is 0.490 e. The maximum atomic E-state index is 12.7. The first-order valence-corrected chi connectivity index (χ1v) is 11.6. The average Bonchev–Trinajstić information content (AvgIpc) is 2.84. The number of carbonyl (C=O) groups excluding carboxylic acids is 1. The molecular formula is C28H29NO5. The minimum Gasteiger partial charge on any atom is -0.490 e. The number of carboxylic acid groups (broad SMARTS) is 1. The highest BCUT2D eigenvalue weighted by Crippen LogP contribution is 2.23. The molecule has 176 valence electrons. The highest BCUT2D eigenvalue weighted by atomic mass is 16.5. The van der Waals surface area contributed by atoms with Gasteiger partial charge in [-0.15, -0.1) is 0 Å². The molecule has 0 bridgehead atoms. The van der Waals surface area contributed by atoms with E-state index in [1.807, 2.05) is 65.6 Å². The van der Waals surface area contributed by atoms with Gasteiger partial charge in [-0.25, -0.2) is 0 Å². The average molecular weight is 460 g/mol. The van der Waals surface area contributed by atoms with Crippen LogP contribution in [0.3, 0.4) is 0 Å². The van der Waals surface area contributed by atoms with Crippen LogP contribution in [0.5, 0.6) is 11.5 Å². The van der Waals surface area contributed by atoms with Gasteiger partial charge in [0.15, 0.2) is 0 Å². The summed E-state index contributed by atoms with van der Waals surface area (Å²) in [6.07, 6.45) is 1.86. The SMILES string of the molecule is O=C(O)Cc1cccc(CC(=O)N2CCC(Oc3ccc(OCc4ccccc4)cc3)CC2)c1. The van der Waals surface area contributed by atoms with Crippen LogP contribution in [0.15, 0.2) is 78.9 Å². The van der Waals surface area contributed by atoms with E-state index in [9.17, 15) is 9.59 Å². The van der Waals surface area contributed by atoms with E-state index >= 15 is 0 Å². The third-order valence-electron chi connectivity index (χ3n) is 5.87. The standard InChI is InChI=1S/C28H29NO5/c30-27(18-22-7-4-8-23(17-22)19-28(31)32)29-15-13-26(14-16-29)34-25-11-9-24(10-12-25)33-20-21-5-2-1-3-6-21/h1-12,17,26H,13-16,18-20H2,(H,31,32). The van der Waals surface area contributed by atoms with Crippen molar-refractivity contribution >= 4 is 11.9 Å². The zero-order valence-electron chi connectivity index (χ0n) is 19.1. The molecule has 1 fully saturated rings. The number of ether oxygens (including phenoxy) is 2. The normalized spacial score (nSPS) is 13.9. The van der Waals surface area contributed by atoms with Gasteiger partial charge in [-0.2, -0.15) is 0 Å². The van der Waals surface area contributed by atoms with Crippen LogP contribution in [-0.2, 0) is 29.0 Å². The molecule has 34 heavy (non-hydrogen) atoms. The molecule has 1 saturated heterocycles. The number of hydrogen-bond acceptors (Lipinski definition) is 4. The van der Waals surface area contributed by atoms with Gasteiger partial charge >= 0.3 is 5.97 Å². The number of amides is 1.